The Kier molecular flexibility index (Phi) is 6.02. The summed E-state index contributed by atoms with van der Waals surface area (Å²) >= 11 is 11.3. The lowest BCUT2D eigenvalue weighted by Gasteiger charge is -2.18. The third-order valence-electron chi connectivity index (χ3n) is 3.07. The number of aromatic nitrogens is 1. The van der Waals surface area contributed by atoms with Crippen LogP contribution in [-0.2, 0) is 6.42 Å². The Morgan fingerprint density at radius 1 is 1.45 bits per heavy atom. The molecular weight excluding hydrogens is 356 g/mol. The van der Waals surface area contributed by atoms with E-state index in [-0.39, 0.29) is 6.04 Å². The summed E-state index contributed by atoms with van der Waals surface area (Å²) in [5, 5.41) is 7.59. The molecule has 2 nitrogen and oxygen atoms in total. The third-order valence-corrected chi connectivity index (χ3v) is 5.10. The van der Waals surface area contributed by atoms with E-state index in [0.717, 1.165) is 39.6 Å². The van der Waals surface area contributed by atoms with Gasteiger partial charge in [-0.25, -0.2) is 4.98 Å². The number of rotatable bonds is 6. The fourth-order valence-electron chi connectivity index (χ4n) is 2.07. The number of hydrogen-bond acceptors (Lipinski definition) is 3. The molecule has 0 bridgehead atoms. The summed E-state index contributed by atoms with van der Waals surface area (Å²) in [6.07, 6.45) is 2.01. The topological polar surface area (TPSA) is 24.9 Å². The van der Waals surface area contributed by atoms with Gasteiger partial charge in [0.25, 0.3) is 0 Å². The first-order valence-corrected chi connectivity index (χ1v) is 8.74. The van der Waals surface area contributed by atoms with Crippen LogP contribution in [0.15, 0.2) is 28.1 Å². The van der Waals surface area contributed by atoms with Crippen molar-refractivity contribution in [3.8, 4) is 0 Å². The van der Waals surface area contributed by atoms with Gasteiger partial charge < -0.3 is 5.32 Å². The summed E-state index contributed by atoms with van der Waals surface area (Å²) in [5.74, 6) is 0. The van der Waals surface area contributed by atoms with Crippen LogP contribution in [0.1, 0.15) is 35.7 Å². The molecule has 0 aliphatic heterocycles. The zero-order valence-electron chi connectivity index (χ0n) is 11.6. The second-order valence-corrected chi connectivity index (χ2v) is 7.07. The molecule has 1 atom stereocenters. The van der Waals surface area contributed by atoms with Crippen LogP contribution in [0.25, 0.3) is 0 Å². The highest BCUT2D eigenvalue weighted by atomic mass is 79.9. The molecule has 1 unspecified atom stereocenters. The third kappa shape index (κ3) is 4.29. The summed E-state index contributed by atoms with van der Waals surface area (Å²) < 4.78 is 0.939. The fraction of sp³-hybridized carbons (Fsp3) is 0.400. The van der Waals surface area contributed by atoms with Gasteiger partial charge in [0.05, 0.1) is 15.7 Å². The number of hydrogen-bond donors (Lipinski definition) is 1. The van der Waals surface area contributed by atoms with Crippen LogP contribution in [0.3, 0.4) is 0 Å². The van der Waals surface area contributed by atoms with Gasteiger partial charge in [-0.15, -0.1) is 11.3 Å². The second-order valence-electron chi connectivity index (χ2n) is 4.74. The molecule has 0 amide bonds. The van der Waals surface area contributed by atoms with Gasteiger partial charge in [0.2, 0.25) is 0 Å². The van der Waals surface area contributed by atoms with Crippen molar-refractivity contribution in [1.82, 2.24) is 10.3 Å². The Morgan fingerprint density at radius 3 is 2.85 bits per heavy atom. The first-order chi connectivity index (χ1) is 9.60. The minimum atomic E-state index is 0.269. The number of benzene rings is 1. The first kappa shape index (κ1) is 16.0. The Bertz CT molecular complexity index is 571. The molecule has 0 aliphatic rings. The van der Waals surface area contributed by atoms with Crippen LogP contribution in [0, 0.1) is 6.92 Å². The van der Waals surface area contributed by atoms with Crippen LogP contribution < -0.4 is 5.32 Å². The van der Waals surface area contributed by atoms with E-state index in [1.165, 1.54) is 5.56 Å². The lowest BCUT2D eigenvalue weighted by Crippen LogP contribution is -2.24. The largest absolute Gasteiger partial charge is 0.310 e. The van der Waals surface area contributed by atoms with Crippen LogP contribution in [0.5, 0.6) is 0 Å². The smallest absolute Gasteiger partial charge is 0.0897 e. The molecule has 1 heterocycles. The summed E-state index contributed by atoms with van der Waals surface area (Å²) in [6.45, 7) is 5.21. The molecule has 20 heavy (non-hydrogen) atoms. The number of aryl methyl sites for hydroxylation is 1. The summed E-state index contributed by atoms with van der Waals surface area (Å²) in [4.78, 5) is 4.56. The van der Waals surface area contributed by atoms with E-state index in [4.69, 9.17) is 11.6 Å². The Labute approximate surface area is 137 Å². The molecule has 1 N–H and O–H groups in total. The Balaban J connectivity index is 2.19. The minimum absolute atomic E-state index is 0.269. The molecule has 1 aromatic carbocycles. The van der Waals surface area contributed by atoms with E-state index in [1.807, 2.05) is 13.0 Å². The van der Waals surface area contributed by atoms with E-state index >= 15 is 0 Å². The zero-order chi connectivity index (χ0) is 14.5. The highest BCUT2D eigenvalue weighted by Crippen LogP contribution is 2.28. The quantitative estimate of drug-likeness (QED) is 0.757. The molecule has 0 saturated carbocycles. The van der Waals surface area contributed by atoms with Gasteiger partial charge in [-0.1, -0.05) is 24.6 Å². The number of thiazole rings is 1. The van der Waals surface area contributed by atoms with Gasteiger partial charge >= 0.3 is 0 Å². The van der Waals surface area contributed by atoms with Crippen molar-refractivity contribution in [2.45, 2.75) is 32.7 Å². The molecule has 0 aliphatic carbocycles. The van der Waals surface area contributed by atoms with Gasteiger partial charge in [-0.05, 0) is 53.5 Å². The molecule has 2 aromatic rings. The fourth-order valence-corrected chi connectivity index (χ4v) is 3.21. The normalized spacial score (nSPS) is 12.6. The highest BCUT2D eigenvalue weighted by molar-refractivity contribution is 9.10. The summed E-state index contributed by atoms with van der Waals surface area (Å²) in [6, 6.07) is 6.38. The maximum atomic E-state index is 6.08. The van der Waals surface area contributed by atoms with E-state index in [2.05, 4.69) is 50.7 Å². The van der Waals surface area contributed by atoms with E-state index in [9.17, 15) is 0 Å². The number of halogens is 2. The lowest BCUT2D eigenvalue weighted by atomic mass is 10.0. The SMILES string of the molecule is CCCNC(Cc1csc(C)n1)c1ccc(Cl)c(Br)c1. The molecule has 0 saturated heterocycles. The average molecular weight is 374 g/mol. The molecule has 0 fully saturated rings. The number of nitrogens with one attached hydrogen (secondary N) is 1. The lowest BCUT2D eigenvalue weighted by molar-refractivity contribution is 0.525. The number of nitrogens with zero attached hydrogens (tertiary/aromatic N) is 1. The molecule has 108 valence electrons. The molecule has 5 heteroatoms. The maximum absolute atomic E-state index is 6.08. The van der Waals surface area contributed by atoms with Crippen LogP contribution >= 0.6 is 38.9 Å². The predicted molar refractivity (Wildman–Crippen MR) is 90.7 cm³/mol. The molecule has 0 spiro atoms. The highest BCUT2D eigenvalue weighted by Gasteiger charge is 2.14. The standard InChI is InChI=1S/C15H18BrClN2S/c1-3-6-18-15(8-12-9-20-10(2)19-12)11-4-5-14(17)13(16)7-11/h4-5,7,9,15,18H,3,6,8H2,1-2H3. The molecular formula is C15H18BrClN2S. The van der Waals surface area contributed by atoms with Crippen molar-refractivity contribution in [3.63, 3.8) is 0 Å². The van der Waals surface area contributed by atoms with Crippen molar-refractivity contribution in [2.75, 3.05) is 6.54 Å². The Morgan fingerprint density at radius 2 is 2.25 bits per heavy atom. The van der Waals surface area contributed by atoms with Gasteiger partial charge in [0, 0.05) is 22.3 Å². The Hall–Kier alpha value is -0.420. The van der Waals surface area contributed by atoms with Crippen molar-refractivity contribution in [3.05, 3.63) is 49.3 Å². The van der Waals surface area contributed by atoms with Gasteiger partial charge in [-0.3, -0.25) is 0 Å². The predicted octanol–water partition coefficient (Wildman–Crippen LogP) is 5.15. The zero-order valence-corrected chi connectivity index (χ0v) is 14.8. The van der Waals surface area contributed by atoms with Crippen molar-refractivity contribution in [1.29, 1.82) is 0 Å². The van der Waals surface area contributed by atoms with Crippen LogP contribution in [0.2, 0.25) is 5.02 Å². The molecule has 0 radical (unpaired) electrons. The monoisotopic (exact) mass is 372 g/mol. The van der Waals surface area contributed by atoms with E-state index in [1.54, 1.807) is 11.3 Å². The van der Waals surface area contributed by atoms with Crippen molar-refractivity contribution >= 4 is 38.9 Å². The average Bonchev–Trinajstić information content (AvgIpc) is 2.83. The van der Waals surface area contributed by atoms with Crippen molar-refractivity contribution in [2.24, 2.45) is 0 Å². The van der Waals surface area contributed by atoms with Gasteiger partial charge in [0.1, 0.15) is 0 Å². The van der Waals surface area contributed by atoms with Crippen LogP contribution in [-0.4, -0.2) is 11.5 Å². The van der Waals surface area contributed by atoms with E-state index in [0.29, 0.717) is 0 Å². The van der Waals surface area contributed by atoms with Crippen LogP contribution in [0.4, 0.5) is 0 Å². The maximum Gasteiger partial charge on any atom is 0.0897 e. The van der Waals surface area contributed by atoms with Crippen molar-refractivity contribution < 1.29 is 0 Å². The summed E-state index contributed by atoms with van der Waals surface area (Å²) in [7, 11) is 0. The van der Waals surface area contributed by atoms with Gasteiger partial charge in [-0.2, -0.15) is 0 Å². The molecule has 2 rings (SSSR count). The second kappa shape index (κ2) is 7.55. The minimum Gasteiger partial charge on any atom is -0.310 e. The van der Waals surface area contributed by atoms with Gasteiger partial charge in [0.15, 0.2) is 0 Å². The molecule has 1 aromatic heterocycles. The van der Waals surface area contributed by atoms with E-state index < -0.39 is 0 Å². The summed E-state index contributed by atoms with van der Waals surface area (Å²) in [5.41, 5.74) is 2.38. The first-order valence-electron chi connectivity index (χ1n) is 6.69.